The van der Waals surface area contributed by atoms with Crippen LogP contribution in [0.2, 0.25) is 0 Å². The number of benzene rings is 3. The van der Waals surface area contributed by atoms with Crippen molar-refractivity contribution in [1.29, 1.82) is 0 Å². The van der Waals surface area contributed by atoms with Gasteiger partial charge in [-0.25, -0.2) is 9.59 Å². The minimum Gasteiger partial charge on any atom is -0.478 e. The summed E-state index contributed by atoms with van der Waals surface area (Å²) in [6.45, 7) is 1.72. The molecule has 35 heavy (non-hydrogen) atoms. The Morgan fingerprint density at radius 3 is 2.17 bits per heavy atom. The summed E-state index contributed by atoms with van der Waals surface area (Å²) in [6, 6.07) is 20.6. The normalized spacial score (nSPS) is 12.9. The number of carbonyl (C=O) groups excluding carboxylic acids is 2. The predicted octanol–water partition coefficient (Wildman–Crippen LogP) is 4.19. The molecule has 8 nitrogen and oxygen atoms in total. The highest BCUT2D eigenvalue weighted by molar-refractivity contribution is 5.96. The first kappa shape index (κ1) is 24.0. The second-order valence-corrected chi connectivity index (χ2v) is 8.25. The number of aromatic carboxylic acids is 1. The molecule has 180 valence electrons. The molecule has 0 bridgehead atoms. The van der Waals surface area contributed by atoms with Gasteiger partial charge < -0.3 is 25.2 Å². The van der Waals surface area contributed by atoms with Gasteiger partial charge in [-0.2, -0.15) is 0 Å². The number of carboxylic acid groups (broad SMARTS) is 1. The molecule has 1 unspecified atom stereocenters. The first-order chi connectivity index (χ1) is 16.9. The average molecular weight is 475 g/mol. The maximum Gasteiger partial charge on any atom is 0.407 e. The summed E-state index contributed by atoms with van der Waals surface area (Å²) in [5.74, 6) is -1.58. The number of aryl methyl sites for hydroxylation is 1. The van der Waals surface area contributed by atoms with Gasteiger partial charge in [0.25, 0.3) is 5.91 Å². The lowest BCUT2D eigenvalue weighted by molar-refractivity contribution is -0.125. The third-order valence-corrected chi connectivity index (χ3v) is 6.08. The van der Waals surface area contributed by atoms with Crippen molar-refractivity contribution in [2.75, 3.05) is 25.6 Å². The third kappa shape index (κ3) is 5.17. The highest BCUT2D eigenvalue weighted by Gasteiger charge is 2.29. The van der Waals surface area contributed by atoms with Crippen molar-refractivity contribution >= 4 is 23.7 Å². The fourth-order valence-electron chi connectivity index (χ4n) is 4.31. The summed E-state index contributed by atoms with van der Waals surface area (Å²) in [6.07, 6.45) is -1.61. The molecule has 0 fully saturated rings. The van der Waals surface area contributed by atoms with Gasteiger partial charge in [0.2, 0.25) is 0 Å². The first-order valence-corrected chi connectivity index (χ1v) is 11.2. The Bertz CT molecular complexity index is 1230. The summed E-state index contributed by atoms with van der Waals surface area (Å²) < 4.78 is 10.7. The molecule has 1 aliphatic carbocycles. The molecule has 4 rings (SSSR count). The Morgan fingerprint density at radius 2 is 1.60 bits per heavy atom. The van der Waals surface area contributed by atoms with Crippen LogP contribution in [0, 0.1) is 6.92 Å². The van der Waals surface area contributed by atoms with E-state index in [2.05, 4.69) is 22.8 Å². The first-order valence-electron chi connectivity index (χ1n) is 11.2. The van der Waals surface area contributed by atoms with Crippen LogP contribution in [0.25, 0.3) is 11.1 Å². The van der Waals surface area contributed by atoms with E-state index in [-0.39, 0.29) is 24.6 Å². The van der Waals surface area contributed by atoms with Gasteiger partial charge in [0, 0.05) is 18.7 Å². The smallest absolute Gasteiger partial charge is 0.407 e. The lowest BCUT2D eigenvalue weighted by atomic mass is 9.98. The second-order valence-electron chi connectivity index (χ2n) is 8.25. The number of ether oxygens (including phenoxy) is 2. The van der Waals surface area contributed by atoms with Gasteiger partial charge in [-0.3, -0.25) is 4.79 Å². The number of rotatable bonds is 8. The number of amides is 2. The Balaban J connectivity index is 1.32. The van der Waals surface area contributed by atoms with Crippen molar-refractivity contribution in [1.82, 2.24) is 5.32 Å². The van der Waals surface area contributed by atoms with Gasteiger partial charge in [0.05, 0.1) is 12.1 Å². The number of carboxylic acids is 1. The fourth-order valence-corrected chi connectivity index (χ4v) is 4.31. The van der Waals surface area contributed by atoms with Crippen LogP contribution in [-0.4, -0.2) is 49.4 Å². The zero-order valence-electron chi connectivity index (χ0n) is 19.4. The average Bonchev–Trinajstić information content (AvgIpc) is 3.16. The third-order valence-electron chi connectivity index (χ3n) is 6.08. The van der Waals surface area contributed by atoms with E-state index in [1.54, 1.807) is 13.0 Å². The van der Waals surface area contributed by atoms with E-state index in [1.807, 2.05) is 36.4 Å². The quantitative estimate of drug-likeness (QED) is 0.451. The topological polar surface area (TPSA) is 114 Å². The maximum absolute atomic E-state index is 12.6. The van der Waals surface area contributed by atoms with Crippen LogP contribution in [0.4, 0.5) is 10.5 Å². The zero-order valence-corrected chi connectivity index (χ0v) is 19.4. The predicted molar refractivity (Wildman–Crippen MR) is 131 cm³/mol. The van der Waals surface area contributed by atoms with Crippen molar-refractivity contribution < 1.29 is 29.0 Å². The Labute approximate surface area is 202 Å². The molecule has 3 N–H and O–H groups in total. The SMILES string of the molecule is COC(CNC(=O)OCC1c2ccccc2-c2ccccc21)C(=O)Nc1ccc(C(=O)O)c(C)c1. The summed E-state index contributed by atoms with van der Waals surface area (Å²) in [4.78, 5) is 36.1. The molecule has 8 heteroatoms. The van der Waals surface area contributed by atoms with Crippen LogP contribution < -0.4 is 10.6 Å². The van der Waals surface area contributed by atoms with Crippen LogP contribution in [0.1, 0.15) is 33.0 Å². The van der Waals surface area contributed by atoms with Crippen molar-refractivity contribution in [2.45, 2.75) is 18.9 Å². The molecule has 1 atom stereocenters. The molecule has 1 aliphatic rings. The van der Waals surface area contributed by atoms with E-state index in [1.165, 1.54) is 19.2 Å². The van der Waals surface area contributed by atoms with E-state index in [4.69, 9.17) is 14.6 Å². The van der Waals surface area contributed by atoms with E-state index < -0.39 is 24.1 Å². The Kier molecular flexibility index (Phi) is 7.12. The maximum atomic E-state index is 12.6. The number of anilines is 1. The highest BCUT2D eigenvalue weighted by Crippen LogP contribution is 2.44. The van der Waals surface area contributed by atoms with Crippen LogP contribution in [0.15, 0.2) is 66.7 Å². The van der Waals surface area contributed by atoms with E-state index in [0.29, 0.717) is 11.3 Å². The number of hydrogen-bond donors (Lipinski definition) is 3. The molecule has 0 radical (unpaired) electrons. The van der Waals surface area contributed by atoms with Gasteiger partial charge in [0.15, 0.2) is 6.10 Å². The molecular weight excluding hydrogens is 448 g/mol. The lowest BCUT2D eigenvalue weighted by Gasteiger charge is -2.18. The van der Waals surface area contributed by atoms with Crippen molar-refractivity contribution in [2.24, 2.45) is 0 Å². The van der Waals surface area contributed by atoms with Crippen LogP contribution in [0.5, 0.6) is 0 Å². The van der Waals surface area contributed by atoms with E-state index >= 15 is 0 Å². The molecule has 0 saturated heterocycles. The van der Waals surface area contributed by atoms with Crippen LogP contribution in [0.3, 0.4) is 0 Å². The number of carbonyl (C=O) groups is 3. The molecule has 3 aromatic carbocycles. The molecule has 0 aromatic heterocycles. The molecule has 0 heterocycles. The van der Waals surface area contributed by atoms with Crippen LogP contribution >= 0.6 is 0 Å². The second kappa shape index (κ2) is 10.4. The monoisotopic (exact) mass is 474 g/mol. The number of hydrogen-bond acceptors (Lipinski definition) is 5. The zero-order chi connectivity index (χ0) is 24.9. The fraction of sp³-hybridized carbons (Fsp3) is 0.222. The number of alkyl carbamates (subject to hydrolysis) is 1. The van der Waals surface area contributed by atoms with E-state index in [9.17, 15) is 14.4 Å². The van der Waals surface area contributed by atoms with Crippen LogP contribution in [-0.2, 0) is 14.3 Å². The summed E-state index contributed by atoms with van der Waals surface area (Å²) >= 11 is 0. The summed E-state index contributed by atoms with van der Waals surface area (Å²) in [5.41, 5.74) is 5.60. The summed E-state index contributed by atoms with van der Waals surface area (Å²) in [5, 5.41) is 14.4. The molecule has 0 aliphatic heterocycles. The summed E-state index contributed by atoms with van der Waals surface area (Å²) in [7, 11) is 1.36. The largest absolute Gasteiger partial charge is 0.478 e. The van der Waals surface area contributed by atoms with E-state index in [0.717, 1.165) is 22.3 Å². The van der Waals surface area contributed by atoms with Gasteiger partial charge in [-0.15, -0.1) is 0 Å². The number of nitrogens with one attached hydrogen (secondary N) is 2. The van der Waals surface area contributed by atoms with Gasteiger partial charge in [-0.1, -0.05) is 48.5 Å². The van der Waals surface area contributed by atoms with Gasteiger partial charge >= 0.3 is 12.1 Å². The molecule has 0 spiro atoms. The molecule has 0 saturated carbocycles. The van der Waals surface area contributed by atoms with Crippen molar-refractivity contribution in [3.63, 3.8) is 0 Å². The van der Waals surface area contributed by atoms with Crippen molar-refractivity contribution in [3.05, 3.63) is 89.0 Å². The van der Waals surface area contributed by atoms with Crippen molar-refractivity contribution in [3.8, 4) is 11.1 Å². The Morgan fingerprint density at radius 1 is 0.971 bits per heavy atom. The molecular formula is C27H26N2O6. The standard InChI is InChI=1S/C27H26N2O6/c1-16-13-17(11-12-18(16)26(31)32)29-25(30)24(34-2)14-28-27(33)35-15-23-21-9-5-3-7-19(21)20-8-4-6-10-22(20)23/h3-13,23-24H,14-15H2,1-2H3,(H,28,33)(H,29,30)(H,31,32). The van der Waals surface area contributed by atoms with Gasteiger partial charge in [-0.05, 0) is 52.9 Å². The highest BCUT2D eigenvalue weighted by atomic mass is 16.5. The molecule has 2 amide bonds. The van der Waals surface area contributed by atoms with Gasteiger partial charge in [0.1, 0.15) is 6.61 Å². The Hall–Kier alpha value is -4.17. The minimum absolute atomic E-state index is 0.0633. The molecule has 3 aromatic rings. The number of fused-ring (bicyclic) bond motifs is 3. The minimum atomic E-state index is -1.04. The number of methoxy groups -OCH3 is 1. The lowest BCUT2D eigenvalue weighted by Crippen LogP contribution is -2.41.